The molecular weight excluding hydrogens is 200 g/mol. The molecule has 1 aliphatic rings. The van der Waals surface area contributed by atoms with Gasteiger partial charge in [0, 0.05) is 12.7 Å². The van der Waals surface area contributed by atoms with Crippen molar-refractivity contribution in [2.24, 2.45) is 5.84 Å². The Morgan fingerprint density at radius 2 is 1.94 bits per heavy atom. The van der Waals surface area contributed by atoms with Crippen molar-refractivity contribution in [3.8, 4) is 0 Å². The van der Waals surface area contributed by atoms with Crippen LogP contribution in [-0.4, -0.2) is 23.0 Å². The topological polar surface area (TPSA) is 54.2 Å². The smallest absolute Gasteiger partial charge is 0.139 e. The van der Waals surface area contributed by atoms with Gasteiger partial charge in [-0.05, 0) is 37.6 Å². The molecule has 3 N–H and O–H groups in total. The highest BCUT2D eigenvalue weighted by molar-refractivity contribution is 5.33. The van der Waals surface area contributed by atoms with Crippen LogP contribution in [0.15, 0.2) is 18.3 Å². The quantitative estimate of drug-likeness (QED) is 0.602. The molecular formula is C12H20N4. The number of nitrogens with one attached hydrogen (secondary N) is 1. The lowest BCUT2D eigenvalue weighted by Gasteiger charge is -2.19. The van der Waals surface area contributed by atoms with Crippen LogP contribution in [0.4, 0.5) is 5.82 Å². The van der Waals surface area contributed by atoms with E-state index in [9.17, 15) is 0 Å². The van der Waals surface area contributed by atoms with E-state index < -0.39 is 0 Å². The summed E-state index contributed by atoms with van der Waals surface area (Å²) in [5.41, 5.74) is 3.81. The minimum Gasteiger partial charge on any atom is -0.308 e. The fourth-order valence-electron chi connectivity index (χ4n) is 2.16. The number of nitrogens with zero attached hydrogens (tertiary/aromatic N) is 2. The molecule has 0 radical (unpaired) electrons. The van der Waals surface area contributed by atoms with Gasteiger partial charge in [0.05, 0.1) is 0 Å². The van der Waals surface area contributed by atoms with Gasteiger partial charge in [-0.1, -0.05) is 18.9 Å². The van der Waals surface area contributed by atoms with Gasteiger partial charge in [-0.3, -0.25) is 4.90 Å². The Labute approximate surface area is 96.8 Å². The van der Waals surface area contributed by atoms with E-state index in [1.165, 1.54) is 44.3 Å². The Kier molecular flexibility index (Phi) is 4.13. The summed E-state index contributed by atoms with van der Waals surface area (Å²) in [6, 6.07) is 4.01. The van der Waals surface area contributed by atoms with Crippen molar-refractivity contribution in [1.29, 1.82) is 0 Å². The van der Waals surface area contributed by atoms with Gasteiger partial charge in [-0.25, -0.2) is 10.8 Å². The maximum atomic E-state index is 5.28. The molecule has 1 aromatic rings. The van der Waals surface area contributed by atoms with Crippen molar-refractivity contribution in [3.05, 3.63) is 23.9 Å². The maximum Gasteiger partial charge on any atom is 0.139 e. The van der Waals surface area contributed by atoms with Crippen LogP contribution in [-0.2, 0) is 6.54 Å². The van der Waals surface area contributed by atoms with Gasteiger partial charge >= 0.3 is 0 Å². The Balaban J connectivity index is 1.91. The molecule has 1 saturated heterocycles. The summed E-state index contributed by atoms with van der Waals surface area (Å²) in [7, 11) is 0. The van der Waals surface area contributed by atoms with E-state index in [0.717, 1.165) is 12.4 Å². The number of nitrogens with two attached hydrogens (primary N) is 1. The van der Waals surface area contributed by atoms with Crippen LogP contribution in [0.5, 0.6) is 0 Å². The first kappa shape index (κ1) is 11.4. The molecule has 0 aromatic carbocycles. The monoisotopic (exact) mass is 220 g/mol. The molecule has 2 rings (SSSR count). The largest absolute Gasteiger partial charge is 0.308 e. The number of hydrazine groups is 1. The highest BCUT2D eigenvalue weighted by Gasteiger charge is 2.09. The first-order valence-electron chi connectivity index (χ1n) is 6.02. The number of nitrogen functional groups attached to an aromatic ring is 1. The summed E-state index contributed by atoms with van der Waals surface area (Å²) in [5.74, 6) is 6.00. The van der Waals surface area contributed by atoms with Gasteiger partial charge in [0.15, 0.2) is 0 Å². The highest BCUT2D eigenvalue weighted by Crippen LogP contribution is 2.13. The minimum atomic E-state index is 0.722. The Morgan fingerprint density at radius 1 is 1.19 bits per heavy atom. The average Bonchev–Trinajstić information content (AvgIpc) is 2.59. The molecule has 88 valence electrons. The number of pyridine rings is 1. The molecule has 0 spiro atoms. The molecule has 1 aromatic heterocycles. The number of hydrogen-bond acceptors (Lipinski definition) is 4. The molecule has 16 heavy (non-hydrogen) atoms. The van der Waals surface area contributed by atoms with Crippen molar-refractivity contribution < 1.29 is 0 Å². The van der Waals surface area contributed by atoms with E-state index in [1.54, 1.807) is 0 Å². The van der Waals surface area contributed by atoms with Crippen molar-refractivity contribution in [2.45, 2.75) is 32.2 Å². The van der Waals surface area contributed by atoms with Gasteiger partial charge < -0.3 is 5.43 Å². The van der Waals surface area contributed by atoms with Crippen molar-refractivity contribution >= 4 is 5.82 Å². The number of anilines is 1. The molecule has 0 saturated carbocycles. The van der Waals surface area contributed by atoms with Crippen LogP contribution in [0.3, 0.4) is 0 Å². The Hall–Kier alpha value is -1.13. The second-order valence-electron chi connectivity index (χ2n) is 4.39. The number of rotatable bonds is 3. The third kappa shape index (κ3) is 3.18. The van der Waals surface area contributed by atoms with E-state index in [-0.39, 0.29) is 0 Å². The third-order valence-corrected chi connectivity index (χ3v) is 3.08. The minimum absolute atomic E-state index is 0.722. The maximum absolute atomic E-state index is 5.28. The van der Waals surface area contributed by atoms with Crippen LogP contribution in [0.25, 0.3) is 0 Å². The van der Waals surface area contributed by atoms with E-state index in [1.807, 2.05) is 12.3 Å². The Bertz CT molecular complexity index is 301. The summed E-state index contributed by atoms with van der Waals surface area (Å²) in [5, 5.41) is 0. The van der Waals surface area contributed by atoms with Crippen LogP contribution >= 0.6 is 0 Å². The first-order chi connectivity index (χ1) is 7.88. The predicted octanol–water partition coefficient (Wildman–Crippen LogP) is 1.74. The van der Waals surface area contributed by atoms with Gasteiger partial charge in [0.2, 0.25) is 0 Å². The zero-order valence-electron chi connectivity index (χ0n) is 9.65. The van der Waals surface area contributed by atoms with Crippen LogP contribution < -0.4 is 11.3 Å². The van der Waals surface area contributed by atoms with Crippen molar-refractivity contribution in [2.75, 3.05) is 18.5 Å². The molecule has 0 amide bonds. The van der Waals surface area contributed by atoms with Crippen molar-refractivity contribution in [3.63, 3.8) is 0 Å². The molecule has 1 aliphatic heterocycles. The zero-order chi connectivity index (χ0) is 11.2. The van der Waals surface area contributed by atoms with Gasteiger partial charge in [-0.15, -0.1) is 0 Å². The lowest BCUT2D eigenvalue weighted by atomic mass is 10.2. The summed E-state index contributed by atoms with van der Waals surface area (Å²) in [6.07, 6.45) is 7.32. The predicted molar refractivity (Wildman–Crippen MR) is 65.8 cm³/mol. The number of aromatic nitrogens is 1. The molecule has 1 fully saturated rings. The summed E-state index contributed by atoms with van der Waals surface area (Å²) in [6.45, 7) is 3.45. The second-order valence-corrected chi connectivity index (χ2v) is 4.39. The molecule has 4 nitrogen and oxygen atoms in total. The number of hydrogen-bond donors (Lipinski definition) is 2. The normalized spacial score (nSPS) is 18.1. The lowest BCUT2D eigenvalue weighted by Crippen LogP contribution is -2.24. The Morgan fingerprint density at radius 3 is 2.50 bits per heavy atom. The fraction of sp³-hybridized carbons (Fsp3) is 0.583. The third-order valence-electron chi connectivity index (χ3n) is 3.08. The van der Waals surface area contributed by atoms with Crippen LogP contribution in [0, 0.1) is 0 Å². The van der Waals surface area contributed by atoms with E-state index in [0.29, 0.717) is 0 Å². The van der Waals surface area contributed by atoms with Crippen LogP contribution in [0.2, 0.25) is 0 Å². The van der Waals surface area contributed by atoms with E-state index in [4.69, 9.17) is 5.84 Å². The fourth-order valence-corrected chi connectivity index (χ4v) is 2.16. The highest BCUT2D eigenvalue weighted by atomic mass is 15.2. The van der Waals surface area contributed by atoms with Crippen molar-refractivity contribution in [1.82, 2.24) is 9.88 Å². The molecule has 0 unspecified atom stereocenters. The van der Waals surface area contributed by atoms with Gasteiger partial charge in [0.25, 0.3) is 0 Å². The summed E-state index contributed by atoms with van der Waals surface area (Å²) < 4.78 is 0. The molecule has 0 atom stereocenters. The van der Waals surface area contributed by atoms with Gasteiger partial charge in [0.1, 0.15) is 5.82 Å². The second kappa shape index (κ2) is 5.82. The van der Waals surface area contributed by atoms with Crippen LogP contribution in [0.1, 0.15) is 31.2 Å². The molecule has 0 bridgehead atoms. The SMILES string of the molecule is NNc1ccc(CN2CCCCCC2)cn1. The van der Waals surface area contributed by atoms with E-state index >= 15 is 0 Å². The molecule has 0 aliphatic carbocycles. The number of likely N-dealkylation sites (tertiary alicyclic amines) is 1. The molecule has 2 heterocycles. The summed E-state index contributed by atoms with van der Waals surface area (Å²) in [4.78, 5) is 6.74. The zero-order valence-corrected chi connectivity index (χ0v) is 9.65. The lowest BCUT2D eigenvalue weighted by molar-refractivity contribution is 0.276. The van der Waals surface area contributed by atoms with Gasteiger partial charge in [-0.2, -0.15) is 0 Å². The summed E-state index contributed by atoms with van der Waals surface area (Å²) >= 11 is 0. The van der Waals surface area contributed by atoms with E-state index in [2.05, 4.69) is 21.4 Å². The standard InChI is InChI=1S/C12H20N4/c13-15-12-6-5-11(9-14-12)10-16-7-3-1-2-4-8-16/h5-6,9H,1-4,7-8,10,13H2,(H,14,15). The molecule has 4 heteroatoms. The average molecular weight is 220 g/mol. The first-order valence-corrected chi connectivity index (χ1v) is 6.02.